The van der Waals surface area contributed by atoms with Gasteiger partial charge in [-0.2, -0.15) is 0 Å². The highest BCUT2D eigenvalue weighted by Gasteiger charge is 2.11. The molecular formula is C15H23Cl2NO2. The average Bonchev–Trinajstić information content (AvgIpc) is 2.31. The number of hydrogen-bond acceptors (Lipinski definition) is 3. The Balaban J connectivity index is 2.73. The van der Waals surface area contributed by atoms with Gasteiger partial charge in [-0.15, -0.1) is 0 Å². The van der Waals surface area contributed by atoms with Crippen molar-refractivity contribution in [2.75, 3.05) is 13.2 Å². The summed E-state index contributed by atoms with van der Waals surface area (Å²) in [7, 11) is 0. The fourth-order valence-corrected chi connectivity index (χ4v) is 2.32. The summed E-state index contributed by atoms with van der Waals surface area (Å²) < 4.78 is 5.70. The van der Waals surface area contributed by atoms with Crippen molar-refractivity contribution in [3.05, 3.63) is 27.7 Å². The molecule has 0 amide bonds. The quantitative estimate of drug-likeness (QED) is 0.763. The number of halogens is 2. The van der Waals surface area contributed by atoms with Crippen LogP contribution >= 0.6 is 23.2 Å². The van der Waals surface area contributed by atoms with Crippen molar-refractivity contribution in [3.8, 4) is 5.75 Å². The zero-order valence-electron chi connectivity index (χ0n) is 12.2. The SMILES string of the molecule is CC(C)CNCc1cc(Cl)cc(Cl)c1OCCC(C)O. The minimum atomic E-state index is -0.386. The molecule has 0 aliphatic rings. The van der Waals surface area contributed by atoms with Crippen molar-refractivity contribution < 1.29 is 9.84 Å². The predicted molar refractivity (Wildman–Crippen MR) is 84.8 cm³/mol. The molecule has 3 nitrogen and oxygen atoms in total. The summed E-state index contributed by atoms with van der Waals surface area (Å²) in [5.74, 6) is 1.22. The Morgan fingerprint density at radius 1 is 1.25 bits per heavy atom. The molecule has 0 radical (unpaired) electrons. The molecule has 0 fully saturated rings. The highest BCUT2D eigenvalue weighted by Crippen LogP contribution is 2.32. The lowest BCUT2D eigenvalue weighted by Crippen LogP contribution is -2.19. The zero-order valence-corrected chi connectivity index (χ0v) is 13.8. The zero-order chi connectivity index (χ0) is 15.1. The van der Waals surface area contributed by atoms with E-state index >= 15 is 0 Å². The lowest BCUT2D eigenvalue weighted by Gasteiger charge is -2.15. The number of benzene rings is 1. The van der Waals surface area contributed by atoms with Crippen LogP contribution in [0.25, 0.3) is 0 Å². The largest absolute Gasteiger partial charge is 0.492 e. The number of rotatable bonds is 8. The Hall–Kier alpha value is -0.480. The molecule has 20 heavy (non-hydrogen) atoms. The molecule has 0 saturated carbocycles. The standard InChI is InChI=1S/C15H23Cl2NO2/c1-10(2)8-18-9-12-6-13(16)7-14(17)15(12)20-5-4-11(3)19/h6-7,10-11,18-19H,4-5,8-9H2,1-3H3. The van der Waals surface area contributed by atoms with E-state index in [2.05, 4.69) is 19.2 Å². The van der Waals surface area contributed by atoms with Crippen LogP contribution in [0.3, 0.4) is 0 Å². The normalized spacial score (nSPS) is 12.8. The molecule has 1 aromatic rings. The molecule has 114 valence electrons. The molecule has 0 spiro atoms. The second kappa shape index (κ2) is 8.73. The van der Waals surface area contributed by atoms with Gasteiger partial charge < -0.3 is 15.2 Å². The van der Waals surface area contributed by atoms with Gasteiger partial charge in [0, 0.05) is 23.6 Å². The summed E-state index contributed by atoms with van der Waals surface area (Å²) in [4.78, 5) is 0. The van der Waals surface area contributed by atoms with E-state index < -0.39 is 0 Å². The van der Waals surface area contributed by atoms with Gasteiger partial charge in [0.15, 0.2) is 0 Å². The Labute approximate surface area is 131 Å². The van der Waals surface area contributed by atoms with Crippen molar-refractivity contribution in [1.82, 2.24) is 5.32 Å². The van der Waals surface area contributed by atoms with Crippen molar-refractivity contribution >= 4 is 23.2 Å². The van der Waals surface area contributed by atoms with Gasteiger partial charge in [-0.25, -0.2) is 0 Å². The highest BCUT2D eigenvalue weighted by molar-refractivity contribution is 6.35. The van der Waals surface area contributed by atoms with Crippen LogP contribution in [-0.4, -0.2) is 24.4 Å². The maximum absolute atomic E-state index is 9.27. The van der Waals surface area contributed by atoms with E-state index in [0.29, 0.717) is 41.3 Å². The number of ether oxygens (including phenoxy) is 1. The number of aliphatic hydroxyl groups excluding tert-OH is 1. The first-order valence-corrected chi connectivity index (χ1v) is 7.65. The van der Waals surface area contributed by atoms with Gasteiger partial charge in [0.05, 0.1) is 17.7 Å². The third kappa shape index (κ3) is 6.31. The van der Waals surface area contributed by atoms with Crippen molar-refractivity contribution in [1.29, 1.82) is 0 Å². The van der Waals surface area contributed by atoms with Crippen LogP contribution in [-0.2, 0) is 6.54 Å². The first-order chi connectivity index (χ1) is 9.40. The van der Waals surface area contributed by atoms with Crippen LogP contribution in [0.5, 0.6) is 5.75 Å². The third-order valence-corrected chi connectivity index (χ3v) is 3.23. The van der Waals surface area contributed by atoms with Gasteiger partial charge in [-0.05, 0) is 31.5 Å². The molecular weight excluding hydrogens is 297 g/mol. The predicted octanol–water partition coefficient (Wildman–Crippen LogP) is 3.89. The Morgan fingerprint density at radius 2 is 1.95 bits per heavy atom. The molecule has 0 bridgehead atoms. The number of aliphatic hydroxyl groups is 1. The van der Waals surface area contributed by atoms with E-state index in [1.54, 1.807) is 13.0 Å². The van der Waals surface area contributed by atoms with E-state index in [1.807, 2.05) is 6.07 Å². The lowest BCUT2D eigenvalue weighted by atomic mass is 10.1. The molecule has 1 rings (SSSR count). The fraction of sp³-hybridized carbons (Fsp3) is 0.600. The van der Waals surface area contributed by atoms with Gasteiger partial charge >= 0.3 is 0 Å². The van der Waals surface area contributed by atoms with Crippen LogP contribution in [0.2, 0.25) is 10.0 Å². The average molecular weight is 320 g/mol. The van der Waals surface area contributed by atoms with Gasteiger partial charge in [-0.3, -0.25) is 0 Å². The van der Waals surface area contributed by atoms with Gasteiger partial charge in [-0.1, -0.05) is 37.0 Å². The fourth-order valence-electron chi connectivity index (χ4n) is 1.73. The Morgan fingerprint density at radius 3 is 2.55 bits per heavy atom. The van der Waals surface area contributed by atoms with Crippen LogP contribution in [0.1, 0.15) is 32.8 Å². The minimum Gasteiger partial charge on any atom is -0.492 e. The Kier molecular flexibility index (Phi) is 7.67. The second-order valence-corrected chi connectivity index (χ2v) is 6.23. The van der Waals surface area contributed by atoms with Crippen LogP contribution < -0.4 is 10.1 Å². The third-order valence-electron chi connectivity index (χ3n) is 2.74. The minimum absolute atomic E-state index is 0.386. The van der Waals surface area contributed by atoms with Crippen molar-refractivity contribution in [2.24, 2.45) is 5.92 Å². The number of nitrogens with one attached hydrogen (secondary N) is 1. The summed E-state index contributed by atoms with van der Waals surface area (Å²) in [6, 6.07) is 3.53. The first-order valence-electron chi connectivity index (χ1n) is 6.89. The highest BCUT2D eigenvalue weighted by atomic mass is 35.5. The number of hydrogen-bond donors (Lipinski definition) is 2. The molecule has 2 N–H and O–H groups in total. The molecule has 0 aromatic heterocycles. The molecule has 5 heteroatoms. The molecule has 0 heterocycles. The maximum Gasteiger partial charge on any atom is 0.142 e. The van der Waals surface area contributed by atoms with Crippen LogP contribution in [0.15, 0.2) is 12.1 Å². The monoisotopic (exact) mass is 319 g/mol. The van der Waals surface area contributed by atoms with E-state index in [9.17, 15) is 5.11 Å². The van der Waals surface area contributed by atoms with Gasteiger partial charge in [0.25, 0.3) is 0 Å². The molecule has 1 unspecified atom stereocenters. The summed E-state index contributed by atoms with van der Waals surface area (Å²) in [5.41, 5.74) is 0.939. The topological polar surface area (TPSA) is 41.5 Å². The summed E-state index contributed by atoms with van der Waals surface area (Å²) in [6.45, 7) is 8.03. The Bertz CT molecular complexity index is 423. The van der Waals surface area contributed by atoms with E-state index in [1.165, 1.54) is 0 Å². The lowest BCUT2D eigenvalue weighted by molar-refractivity contribution is 0.155. The second-order valence-electron chi connectivity index (χ2n) is 5.39. The summed E-state index contributed by atoms with van der Waals surface area (Å²) in [5, 5.41) is 13.7. The van der Waals surface area contributed by atoms with Gasteiger partial charge in [0.1, 0.15) is 5.75 Å². The van der Waals surface area contributed by atoms with E-state index in [-0.39, 0.29) is 6.10 Å². The summed E-state index contributed by atoms with van der Waals surface area (Å²) >= 11 is 12.2. The van der Waals surface area contributed by atoms with Crippen molar-refractivity contribution in [2.45, 2.75) is 39.8 Å². The summed E-state index contributed by atoms with van der Waals surface area (Å²) in [6.07, 6.45) is 0.182. The van der Waals surface area contributed by atoms with E-state index in [0.717, 1.165) is 12.1 Å². The molecule has 0 aliphatic heterocycles. The molecule has 1 atom stereocenters. The van der Waals surface area contributed by atoms with Gasteiger partial charge in [0.2, 0.25) is 0 Å². The molecule has 0 saturated heterocycles. The van der Waals surface area contributed by atoms with Crippen LogP contribution in [0.4, 0.5) is 0 Å². The maximum atomic E-state index is 9.27. The van der Waals surface area contributed by atoms with Crippen molar-refractivity contribution in [3.63, 3.8) is 0 Å². The first kappa shape index (κ1) is 17.6. The van der Waals surface area contributed by atoms with E-state index in [4.69, 9.17) is 27.9 Å². The van der Waals surface area contributed by atoms with Crippen LogP contribution in [0, 0.1) is 5.92 Å². The molecule has 1 aromatic carbocycles. The molecule has 0 aliphatic carbocycles. The smallest absolute Gasteiger partial charge is 0.142 e.